The number of rotatable bonds is 3. The molecule has 1 aromatic heterocycles. The van der Waals surface area contributed by atoms with Crippen LogP contribution in [0.25, 0.3) is 11.3 Å². The van der Waals surface area contributed by atoms with Crippen LogP contribution in [0.5, 0.6) is 5.88 Å². The van der Waals surface area contributed by atoms with Gasteiger partial charge in [0.15, 0.2) is 0 Å². The highest BCUT2D eigenvalue weighted by atomic mass is 127. The number of aromatic nitrogens is 1. The van der Waals surface area contributed by atoms with Crippen LogP contribution < -0.4 is 4.74 Å². The number of carbonyl (C=O) groups is 1. The first-order chi connectivity index (χ1) is 9.17. The molecule has 0 bridgehead atoms. The summed E-state index contributed by atoms with van der Waals surface area (Å²) < 4.78 is 10.8. The van der Waals surface area contributed by atoms with Crippen molar-refractivity contribution < 1.29 is 14.3 Å². The molecule has 0 saturated carbocycles. The van der Waals surface area contributed by atoms with Crippen molar-refractivity contribution >= 4 is 28.6 Å². The lowest BCUT2D eigenvalue weighted by molar-refractivity contribution is 0.0596. The van der Waals surface area contributed by atoms with Crippen molar-refractivity contribution in [3.05, 3.63) is 45.5 Å². The fraction of sp³-hybridized carbons (Fsp3) is 0.143. The Morgan fingerprint density at radius 1 is 1.21 bits per heavy atom. The summed E-state index contributed by atoms with van der Waals surface area (Å²) in [5.74, 6) is -0.187. The van der Waals surface area contributed by atoms with Gasteiger partial charge in [0.25, 0.3) is 0 Å². The van der Waals surface area contributed by atoms with Crippen LogP contribution in [0.4, 0.5) is 0 Å². The van der Waals surface area contributed by atoms with Gasteiger partial charge in [0.05, 0.1) is 19.9 Å². The van der Waals surface area contributed by atoms with E-state index < -0.39 is 5.97 Å². The Morgan fingerprint density at radius 3 is 2.47 bits per heavy atom. The van der Waals surface area contributed by atoms with E-state index in [0.29, 0.717) is 5.56 Å². The largest absolute Gasteiger partial charge is 0.480 e. The number of nitrogens with zero attached hydrogens (tertiary/aromatic N) is 1. The Hall–Kier alpha value is -1.63. The third-order valence-corrected chi connectivity index (χ3v) is 3.41. The van der Waals surface area contributed by atoms with E-state index in [1.54, 1.807) is 6.07 Å². The molecule has 1 aromatic carbocycles. The Kier molecular flexibility index (Phi) is 4.36. The Balaban J connectivity index is 2.57. The highest BCUT2D eigenvalue weighted by molar-refractivity contribution is 14.1. The molecule has 0 fully saturated rings. The van der Waals surface area contributed by atoms with Crippen molar-refractivity contribution in [1.82, 2.24) is 4.98 Å². The van der Waals surface area contributed by atoms with Crippen molar-refractivity contribution in [2.75, 3.05) is 14.2 Å². The van der Waals surface area contributed by atoms with E-state index in [9.17, 15) is 4.79 Å². The number of halogens is 1. The minimum absolute atomic E-state index is 0.270. The second-order valence-corrected chi connectivity index (χ2v) is 4.90. The molecule has 0 aliphatic rings. The molecular weight excluding hydrogens is 357 g/mol. The molecule has 0 N–H and O–H groups in total. The van der Waals surface area contributed by atoms with Crippen molar-refractivity contribution in [2.45, 2.75) is 0 Å². The van der Waals surface area contributed by atoms with Gasteiger partial charge in [-0.15, -0.1) is 0 Å². The van der Waals surface area contributed by atoms with Gasteiger partial charge in [0.1, 0.15) is 5.56 Å². The SMILES string of the molecule is COC(=O)c1cc(I)c(-c2ccccc2)nc1OC. The van der Waals surface area contributed by atoms with Crippen LogP contribution in [-0.4, -0.2) is 25.2 Å². The number of esters is 1. The predicted octanol–water partition coefficient (Wildman–Crippen LogP) is 3.15. The predicted molar refractivity (Wildman–Crippen MR) is 80.3 cm³/mol. The number of ether oxygens (including phenoxy) is 2. The lowest BCUT2D eigenvalue weighted by Crippen LogP contribution is -2.07. The average Bonchev–Trinajstić information content (AvgIpc) is 2.47. The van der Waals surface area contributed by atoms with Gasteiger partial charge < -0.3 is 9.47 Å². The van der Waals surface area contributed by atoms with Gasteiger partial charge in [-0.25, -0.2) is 9.78 Å². The van der Waals surface area contributed by atoms with E-state index in [1.807, 2.05) is 30.3 Å². The highest BCUT2D eigenvalue weighted by Gasteiger charge is 2.18. The quantitative estimate of drug-likeness (QED) is 0.616. The van der Waals surface area contributed by atoms with E-state index in [1.165, 1.54) is 14.2 Å². The van der Waals surface area contributed by atoms with Crippen LogP contribution in [0.3, 0.4) is 0 Å². The molecule has 5 heteroatoms. The summed E-state index contributed by atoms with van der Waals surface area (Å²) >= 11 is 2.15. The van der Waals surface area contributed by atoms with E-state index in [2.05, 4.69) is 27.6 Å². The number of methoxy groups -OCH3 is 2. The van der Waals surface area contributed by atoms with Gasteiger partial charge in [-0.1, -0.05) is 30.3 Å². The second kappa shape index (κ2) is 6.01. The molecule has 0 radical (unpaired) electrons. The standard InChI is InChI=1S/C14H12INO3/c1-18-13-10(14(17)19-2)8-11(15)12(16-13)9-6-4-3-5-7-9/h3-8H,1-2H3. The summed E-state index contributed by atoms with van der Waals surface area (Å²) in [7, 11) is 2.82. The molecule has 98 valence electrons. The monoisotopic (exact) mass is 369 g/mol. The van der Waals surface area contributed by atoms with Crippen LogP contribution in [0.15, 0.2) is 36.4 Å². The fourth-order valence-electron chi connectivity index (χ4n) is 1.68. The van der Waals surface area contributed by atoms with E-state index in [-0.39, 0.29) is 5.88 Å². The van der Waals surface area contributed by atoms with Gasteiger partial charge in [-0.2, -0.15) is 0 Å². The zero-order valence-electron chi connectivity index (χ0n) is 10.5. The van der Waals surface area contributed by atoms with E-state index >= 15 is 0 Å². The van der Waals surface area contributed by atoms with Crippen molar-refractivity contribution in [1.29, 1.82) is 0 Å². The zero-order chi connectivity index (χ0) is 13.8. The molecule has 0 spiro atoms. The molecule has 0 aliphatic heterocycles. The second-order valence-electron chi connectivity index (χ2n) is 3.73. The van der Waals surface area contributed by atoms with Crippen molar-refractivity contribution in [2.24, 2.45) is 0 Å². The van der Waals surface area contributed by atoms with Gasteiger partial charge in [-0.3, -0.25) is 0 Å². The first-order valence-corrected chi connectivity index (χ1v) is 6.63. The van der Waals surface area contributed by atoms with Crippen LogP contribution in [-0.2, 0) is 4.74 Å². The maximum absolute atomic E-state index is 11.6. The van der Waals surface area contributed by atoms with Gasteiger partial charge in [-0.05, 0) is 28.7 Å². The molecule has 1 heterocycles. The number of pyridine rings is 1. The maximum Gasteiger partial charge on any atom is 0.343 e. The number of carbonyl (C=O) groups excluding carboxylic acids is 1. The zero-order valence-corrected chi connectivity index (χ0v) is 12.7. The molecule has 0 unspecified atom stereocenters. The molecule has 19 heavy (non-hydrogen) atoms. The lowest BCUT2D eigenvalue weighted by Gasteiger charge is -2.10. The van der Waals surface area contributed by atoms with Crippen molar-refractivity contribution in [3.63, 3.8) is 0 Å². The molecule has 0 aliphatic carbocycles. The minimum atomic E-state index is -0.457. The van der Waals surface area contributed by atoms with Gasteiger partial charge >= 0.3 is 5.97 Å². The number of benzene rings is 1. The Labute approximate surface area is 124 Å². The lowest BCUT2D eigenvalue weighted by atomic mass is 10.1. The molecular formula is C14H12INO3. The summed E-state index contributed by atoms with van der Waals surface area (Å²) in [5.41, 5.74) is 2.08. The Bertz CT molecular complexity index is 599. The average molecular weight is 369 g/mol. The summed E-state index contributed by atoms with van der Waals surface area (Å²) in [4.78, 5) is 16.0. The minimum Gasteiger partial charge on any atom is -0.480 e. The van der Waals surface area contributed by atoms with Crippen LogP contribution >= 0.6 is 22.6 Å². The normalized spacial score (nSPS) is 10.1. The molecule has 0 atom stereocenters. The van der Waals surface area contributed by atoms with E-state index in [0.717, 1.165) is 14.8 Å². The number of hydrogen-bond donors (Lipinski definition) is 0. The Morgan fingerprint density at radius 2 is 1.89 bits per heavy atom. The smallest absolute Gasteiger partial charge is 0.343 e. The summed E-state index contributed by atoms with van der Waals surface area (Å²) in [6, 6.07) is 11.5. The molecule has 0 saturated heterocycles. The molecule has 4 nitrogen and oxygen atoms in total. The number of hydrogen-bond acceptors (Lipinski definition) is 4. The molecule has 0 amide bonds. The third-order valence-electron chi connectivity index (χ3n) is 2.59. The van der Waals surface area contributed by atoms with Crippen LogP contribution in [0.1, 0.15) is 10.4 Å². The first kappa shape index (κ1) is 13.8. The topological polar surface area (TPSA) is 48.4 Å². The van der Waals surface area contributed by atoms with Crippen LogP contribution in [0.2, 0.25) is 0 Å². The summed E-state index contributed by atoms with van der Waals surface area (Å²) in [6.07, 6.45) is 0. The fourth-order valence-corrected chi connectivity index (χ4v) is 2.43. The van der Waals surface area contributed by atoms with Gasteiger partial charge in [0.2, 0.25) is 5.88 Å². The third kappa shape index (κ3) is 2.86. The maximum atomic E-state index is 11.6. The van der Waals surface area contributed by atoms with Gasteiger partial charge in [0, 0.05) is 9.13 Å². The van der Waals surface area contributed by atoms with E-state index in [4.69, 9.17) is 9.47 Å². The molecule has 2 aromatic rings. The summed E-state index contributed by atoms with van der Waals surface area (Å²) in [5, 5.41) is 0. The van der Waals surface area contributed by atoms with Crippen LogP contribution in [0, 0.1) is 3.57 Å². The first-order valence-electron chi connectivity index (χ1n) is 5.55. The molecule has 2 rings (SSSR count). The highest BCUT2D eigenvalue weighted by Crippen LogP contribution is 2.28. The van der Waals surface area contributed by atoms with Crippen molar-refractivity contribution in [3.8, 4) is 17.1 Å². The summed E-state index contributed by atoms with van der Waals surface area (Å²) in [6.45, 7) is 0.